The first kappa shape index (κ1) is 18.9. The van der Waals surface area contributed by atoms with Crippen LogP contribution in [0.1, 0.15) is 11.1 Å². The first-order chi connectivity index (χ1) is 13.9. The summed E-state index contributed by atoms with van der Waals surface area (Å²) in [5, 5.41) is 0. The van der Waals surface area contributed by atoms with Crippen LogP contribution in [-0.4, -0.2) is 16.5 Å². The molecule has 0 atom stereocenters. The molecule has 4 rings (SSSR count). The number of nitrogens with zero attached hydrogens (tertiary/aromatic N) is 2. The molecule has 29 heavy (non-hydrogen) atoms. The summed E-state index contributed by atoms with van der Waals surface area (Å²) in [4.78, 5) is 4.32. The molecular formula is C22H17F3N2O2. The lowest BCUT2D eigenvalue weighted by Crippen LogP contribution is -2.05. The molecule has 2 heterocycles. The molecular weight excluding hydrogens is 381 g/mol. The van der Waals surface area contributed by atoms with E-state index in [9.17, 15) is 13.2 Å². The largest absolute Gasteiger partial charge is 0.493 e. The van der Waals surface area contributed by atoms with Gasteiger partial charge in [-0.15, -0.1) is 0 Å². The third kappa shape index (κ3) is 4.03. The molecule has 0 saturated carbocycles. The van der Waals surface area contributed by atoms with Gasteiger partial charge in [0.05, 0.1) is 18.4 Å². The Kier molecular flexibility index (Phi) is 4.88. The number of hydrogen-bond acceptors (Lipinski definition) is 3. The number of aromatic nitrogens is 2. The summed E-state index contributed by atoms with van der Waals surface area (Å²) in [5.41, 5.74) is 1.77. The topological polar surface area (TPSA) is 35.8 Å². The molecule has 2 aromatic heterocycles. The maximum Gasteiger partial charge on any atom is 0.416 e. The zero-order chi connectivity index (χ0) is 20.4. The summed E-state index contributed by atoms with van der Waals surface area (Å²) in [6, 6.07) is 17.1. The van der Waals surface area contributed by atoms with Crippen LogP contribution in [0.4, 0.5) is 13.2 Å². The molecule has 0 bridgehead atoms. The van der Waals surface area contributed by atoms with Crippen LogP contribution in [0.5, 0.6) is 11.5 Å². The Hall–Kier alpha value is -3.48. The van der Waals surface area contributed by atoms with Gasteiger partial charge in [-0.25, -0.2) is 4.98 Å². The molecule has 0 unspecified atom stereocenters. The van der Waals surface area contributed by atoms with Gasteiger partial charge in [-0.2, -0.15) is 13.2 Å². The van der Waals surface area contributed by atoms with Crippen LogP contribution in [-0.2, 0) is 12.8 Å². The average molecular weight is 398 g/mol. The highest BCUT2D eigenvalue weighted by Gasteiger charge is 2.30. The number of ether oxygens (including phenoxy) is 2. The quantitative estimate of drug-likeness (QED) is 0.439. The number of benzene rings is 2. The zero-order valence-corrected chi connectivity index (χ0v) is 15.5. The normalized spacial score (nSPS) is 11.6. The maximum atomic E-state index is 12.9. The highest BCUT2D eigenvalue weighted by Crippen LogP contribution is 2.34. The van der Waals surface area contributed by atoms with E-state index in [4.69, 9.17) is 9.47 Å². The lowest BCUT2D eigenvalue weighted by atomic mass is 10.1. The minimum atomic E-state index is -4.41. The Labute approximate surface area is 165 Å². The lowest BCUT2D eigenvalue weighted by Gasteiger charge is -2.11. The average Bonchev–Trinajstić information content (AvgIpc) is 3.15. The van der Waals surface area contributed by atoms with Crippen LogP contribution in [0, 0.1) is 0 Å². The molecule has 0 amide bonds. The Morgan fingerprint density at radius 1 is 0.966 bits per heavy atom. The fraction of sp³-hybridized carbons (Fsp3) is 0.136. The minimum Gasteiger partial charge on any atom is -0.493 e. The second-order valence-electron chi connectivity index (χ2n) is 6.44. The van der Waals surface area contributed by atoms with Crippen LogP contribution in [0.15, 0.2) is 73.1 Å². The summed E-state index contributed by atoms with van der Waals surface area (Å²) in [7, 11) is 1.54. The second-order valence-corrected chi connectivity index (χ2v) is 6.44. The van der Waals surface area contributed by atoms with Gasteiger partial charge in [0.1, 0.15) is 12.3 Å². The third-order valence-corrected chi connectivity index (χ3v) is 4.48. The van der Waals surface area contributed by atoms with E-state index in [2.05, 4.69) is 4.98 Å². The number of methoxy groups -OCH3 is 1. The molecule has 0 saturated heterocycles. The summed E-state index contributed by atoms with van der Waals surface area (Å²) in [6.45, 7) is 0.394. The first-order valence-electron chi connectivity index (χ1n) is 8.85. The monoisotopic (exact) mass is 398 g/mol. The van der Waals surface area contributed by atoms with Gasteiger partial charge in [0.2, 0.25) is 0 Å². The zero-order valence-electron chi connectivity index (χ0n) is 15.5. The molecule has 0 fully saturated rings. The molecule has 4 aromatic rings. The smallest absolute Gasteiger partial charge is 0.416 e. The van der Waals surface area contributed by atoms with E-state index >= 15 is 0 Å². The van der Waals surface area contributed by atoms with Crippen LogP contribution >= 0.6 is 0 Å². The molecule has 0 aliphatic carbocycles. The molecule has 7 heteroatoms. The molecule has 0 aliphatic heterocycles. The number of fused-ring (bicyclic) bond motifs is 1. The van der Waals surface area contributed by atoms with Gasteiger partial charge in [0.25, 0.3) is 0 Å². The number of hydrogen-bond donors (Lipinski definition) is 0. The molecule has 2 aromatic carbocycles. The Bertz CT molecular complexity index is 1140. The van der Waals surface area contributed by atoms with Crippen LogP contribution in [0.3, 0.4) is 0 Å². The Morgan fingerprint density at radius 2 is 1.76 bits per heavy atom. The highest BCUT2D eigenvalue weighted by molar-refractivity contribution is 5.66. The summed E-state index contributed by atoms with van der Waals surface area (Å²) < 4.78 is 51.6. The number of imidazole rings is 1. The van der Waals surface area contributed by atoms with Crippen molar-refractivity contribution >= 4 is 5.65 Å². The van der Waals surface area contributed by atoms with Crippen molar-refractivity contribution < 1.29 is 22.6 Å². The van der Waals surface area contributed by atoms with E-state index in [0.29, 0.717) is 29.4 Å². The van der Waals surface area contributed by atoms with Crippen LogP contribution in [0.2, 0.25) is 0 Å². The van der Waals surface area contributed by atoms with Crippen molar-refractivity contribution in [2.45, 2.75) is 12.8 Å². The van der Waals surface area contributed by atoms with Gasteiger partial charge < -0.3 is 13.9 Å². The number of halogens is 3. The molecule has 0 N–H and O–H groups in total. The van der Waals surface area contributed by atoms with E-state index in [1.165, 1.54) is 13.3 Å². The number of rotatable bonds is 5. The van der Waals surface area contributed by atoms with Crippen LogP contribution < -0.4 is 9.47 Å². The molecule has 4 nitrogen and oxygen atoms in total. The van der Waals surface area contributed by atoms with Crippen molar-refractivity contribution in [2.75, 3.05) is 7.11 Å². The molecule has 0 spiro atoms. The number of alkyl halides is 3. The summed E-state index contributed by atoms with van der Waals surface area (Å²) in [6.07, 6.45) is -1.38. The van der Waals surface area contributed by atoms with Crippen molar-refractivity contribution in [3.63, 3.8) is 0 Å². The van der Waals surface area contributed by atoms with Crippen molar-refractivity contribution in [3.8, 4) is 22.8 Å². The SMILES string of the molecule is COc1cc(-c2cn3ccc(C(F)(F)F)cc3n2)ccc1OCc1ccccc1. The lowest BCUT2D eigenvalue weighted by molar-refractivity contribution is -0.137. The van der Waals surface area contributed by atoms with Gasteiger partial charge in [0.15, 0.2) is 11.5 Å². The van der Waals surface area contributed by atoms with Crippen LogP contribution in [0.25, 0.3) is 16.9 Å². The van der Waals surface area contributed by atoms with Gasteiger partial charge >= 0.3 is 6.18 Å². The van der Waals surface area contributed by atoms with Gasteiger partial charge in [-0.3, -0.25) is 0 Å². The van der Waals surface area contributed by atoms with Crippen molar-refractivity contribution in [2.24, 2.45) is 0 Å². The fourth-order valence-corrected chi connectivity index (χ4v) is 2.98. The fourth-order valence-electron chi connectivity index (χ4n) is 2.98. The van der Waals surface area contributed by atoms with Gasteiger partial charge in [-0.05, 0) is 35.9 Å². The predicted molar refractivity (Wildman–Crippen MR) is 103 cm³/mol. The van der Waals surface area contributed by atoms with Crippen molar-refractivity contribution in [3.05, 3.63) is 84.2 Å². The molecule has 0 aliphatic rings. The Morgan fingerprint density at radius 3 is 2.48 bits per heavy atom. The van der Waals surface area contributed by atoms with Crippen molar-refractivity contribution in [1.29, 1.82) is 0 Å². The number of pyridine rings is 1. The van der Waals surface area contributed by atoms with Gasteiger partial charge in [-0.1, -0.05) is 30.3 Å². The van der Waals surface area contributed by atoms with E-state index < -0.39 is 11.7 Å². The second kappa shape index (κ2) is 7.50. The predicted octanol–water partition coefficient (Wildman–Crippen LogP) is 5.61. The maximum absolute atomic E-state index is 12.9. The summed E-state index contributed by atoms with van der Waals surface area (Å²) in [5.74, 6) is 1.09. The van der Waals surface area contributed by atoms with Crippen molar-refractivity contribution in [1.82, 2.24) is 9.38 Å². The summed E-state index contributed by atoms with van der Waals surface area (Å²) >= 11 is 0. The molecule has 0 radical (unpaired) electrons. The first-order valence-corrected chi connectivity index (χ1v) is 8.85. The van der Waals surface area contributed by atoms with Gasteiger partial charge in [0, 0.05) is 18.0 Å². The van der Waals surface area contributed by atoms with E-state index in [-0.39, 0.29) is 5.65 Å². The highest BCUT2D eigenvalue weighted by atomic mass is 19.4. The third-order valence-electron chi connectivity index (χ3n) is 4.48. The minimum absolute atomic E-state index is 0.221. The van der Waals surface area contributed by atoms with E-state index in [1.54, 1.807) is 28.8 Å². The molecule has 148 valence electrons. The Balaban J connectivity index is 1.61. The van der Waals surface area contributed by atoms with E-state index in [0.717, 1.165) is 17.7 Å². The standard InChI is InChI=1S/C22H17F3N2O2/c1-28-20-11-16(7-8-19(20)29-14-15-5-3-2-4-6-15)18-13-27-10-9-17(22(23,24)25)12-21(27)26-18/h2-13H,14H2,1H3. The van der Waals surface area contributed by atoms with E-state index in [1.807, 2.05) is 30.3 Å².